The molecule has 0 radical (unpaired) electrons. The number of carbonyl (C=O) groups excluding carboxylic acids is 3. The molecule has 1 aromatic carbocycles. The molecular formula is C14H16ClN3O3. The van der Waals surface area contributed by atoms with Crippen molar-refractivity contribution in [3.63, 3.8) is 0 Å². The van der Waals surface area contributed by atoms with Gasteiger partial charge in [-0.2, -0.15) is 0 Å². The van der Waals surface area contributed by atoms with Crippen LogP contribution in [0.25, 0.3) is 0 Å². The molecule has 0 unspecified atom stereocenters. The number of rotatable bonds is 3. The predicted molar refractivity (Wildman–Crippen MR) is 77.5 cm³/mol. The number of amides is 3. The Hall–Kier alpha value is -2.08. The van der Waals surface area contributed by atoms with E-state index in [1.807, 2.05) is 0 Å². The Kier molecular flexibility index (Phi) is 5.16. The largest absolute Gasteiger partial charge is 0.344 e. The first-order valence-corrected chi connectivity index (χ1v) is 6.99. The van der Waals surface area contributed by atoms with E-state index in [1.54, 1.807) is 29.2 Å². The number of benzene rings is 1. The van der Waals surface area contributed by atoms with Gasteiger partial charge in [-0.05, 0) is 17.7 Å². The van der Waals surface area contributed by atoms with E-state index < -0.39 is 11.8 Å². The number of nitrogens with zero attached hydrogens (tertiary/aromatic N) is 2. The van der Waals surface area contributed by atoms with Crippen LogP contribution < -0.4 is 5.32 Å². The van der Waals surface area contributed by atoms with E-state index in [0.717, 1.165) is 12.0 Å². The summed E-state index contributed by atoms with van der Waals surface area (Å²) in [6.45, 7) is 1.95. The fraction of sp³-hybridized carbons (Fsp3) is 0.357. The first-order chi connectivity index (χ1) is 10.1. The van der Waals surface area contributed by atoms with Gasteiger partial charge in [0.15, 0.2) is 0 Å². The minimum atomic E-state index is -0.635. The molecule has 0 aliphatic carbocycles. The lowest BCUT2D eigenvalue weighted by molar-refractivity contribution is -0.147. The Balaban J connectivity index is 1.81. The summed E-state index contributed by atoms with van der Waals surface area (Å²) in [5, 5.41) is 3.20. The van der Waals surface area contributed by atoms with E-state index in [0.29, 0.717) is 31.2 Å². The minimum absolute atomic E-state index is 0.274. The highest BCUT2D eigenvalue weighted by Crippen LogP contribution is 2.09. The van der Waals surface area contributed by atoms with Gasteiger partial charge in [-0.25, -0.2) is 0 Å². The summed E-state index contributed by atoms with van der Waals surface area (Å²) < 4.78 is 0. The van der Waals surface area contributed by atoms with Crippen LogP contribution in [0.2, 0.25) is 5.02 Å². The van der Waals surface area contributed by atoms with E-state index in [9.17, 15) is 14.4 Å². The fourth-order valence-corrected chi connectivity index (χ4v) is 2.16. The van der Waals surface area contributed by atoms with E-state index in [1.165, 1.54) is 4.90 Å². The average molecular weight is 310 g/mol. The molecule has 1 heterocycles. The smallest absolute Gasteiger partial charge is 0.312 e. The first kappa shape index (κ1) is 15.3. The molecule has 0 spiro atoms. The second-order valence-electron chi connectivity index (χ2n) is 4.74. The molecule has 0 atom stereocenters. The van der Waals surface area contributed by atoms with E-state index >= 15 is 0 Å². The van der Waals surface area contributed by atoms with Gasteiger partial charge in [-0.3, -0.25) is 14.4 Å². The Morgan fingerprint density at radius 1 is 1.14 bits per heavy atom. The summed E-state index contributed by atoms with van der Waals surface area (Å²) in [4.78, 5) is 37.4. The van der Waals surface area contributed by atoms with Crippen LogP contribution in [0, 0.1) is 0 Å². The fourth-order valence-electron chi connectivity index (χ4n) is 2.03. The Morgan fingerprint density at radius 2 is 1.76 bits per heavy atom. The molecule has 1 fully saturated rings. The number of hydrogen-bond acceptors (Lipinski definition) is 3. The molecule has 112 valence electrons. The first-order valence-electron chi connectivity index (χ1n) is 6.61. The van der Waals surface area contributed by atoms with Crippen LogP contribution in [0.3, 0.4) is 0 Å². The summed E-state index contributed by atoms with van der Waals surface area (Å²) in [6.07, 6.45) is 0.752. The Bertz CT molecular complexity index is 525. The maximum Gasteiger partial charge on any atom is 0.312 e. The number of halogens is 1. The van der Waals surface area contributed by atoms with Crippen molar-refractivity contribution in [2.45, 2.75) is 6.54 Å². The van der Waals surface area contributed by atoms with Crippen LogP contribution in [0.1, 0.15) is 5.56 Å². The summed E-state index contributed by atoms with van der Waals surface area (Å²) in [7, 11) is 0. The summed E-state index contributed by atoms with van der Waals surface area (Å²) >= 11 is 5.77. The SMILES string of the molecule is O=CN1CCN(C(=O)C(=O)NCc2ccc(Cl)cc2)CC1. The van der Waals surface area contributed by atoms with Crippen molar-refractivity contribution in [3.8, 4) is 0 Å². The lowest BCUT2D eigenvalue weighted by atomic mass is 10.2. The third kappa shape index (κ3) is 4.19. The zero-order chi connectivity index (χ0) is 15.2. The van der Waals surface area contributed by atoms with Crippen molar-refractivity contribution in [1.29, 1.82) is 0 Å². The molecule has 1 saturated heterocycles. The van der Waals surface area contributed by atoms with Crippen molar-refractivity contribution >= 4 is 29.8 Å². The molecule has 0 aromatic heterocycles. The Labute approximate surface area is 127 Å². The zero-order valence-corrected chi connectivity index (χ0v) is 12.2. The average Bonchev–Trinajstić information content (AvgIpc) is 2.53. The van der Waals surface area contributed by atoms with Gasteiger partial charge in [0.05, 0.1) is 0 Å². The van der Waals surface area contributed by atoms with Crippen molar-refractivity contribution in [3.05, 3.63) is 34.9 Å². The molecule has 2 rings (SSSR count). The highest BCUT2D eigenvalue weighted by molar-refractivity contribution is 6.35. The van der Waals surface area contributed by atoms with Crippen molar-refractivity contribution < 1.29 is 14.4 Å². The van der Waals surface area contributed by atoms with Gasteiger partial charge in [-0.15, -0.1) is 0 Å². The van der Waals surface area contributed by atoms with Gasteiger partial charge in [0, 0.05) is 37.7 Å². The van der Waals surface area contributed by atoms with Crippen molar-refractivity contribution in [2.24, 2.45) is 0 Å². The second-order valence-corrected chi connectivity index (χ2v) is 5.18. The van der Waals surface area contributed by atoms with Crippen LogP contribution in [-0.2, 0) is 20.9 Å². The molecule has 21 heavy (non-hydrogen) atoms. The van der Waals surface area contributed by atoms with Gasteiger partial charge in [0.25, 0.3) is 0 Å². The normalized spacial score (nSPS) is 14.7. The van der Waals surface area contributed by atoms with Gasteiger partial charge >= 0.3 is 11.8 Å². The lowest BCUT2D eigenvalue weighted by Crippen LogP contribution is -2.52. The summed E-state index contributed by atoms with van der Waals surface area (Å²) in [5.74, 6) is -1.20. The van der Waals surface area contributed by atoms with Crippen LogP contribution in [-0.4, -0.2) is 54.2 Å². The van der Waals surface area contributed by atoms with Crippen LogP contribution >= 0.6 is 11.6 Å². The molecule has 0 bridgehead atoms. The third-order valence-electron chi connectivity index (χ3n) is 3.31. The number of hydrogen-bond donors (Lipinski definition) is 1. The van der Waals surface area contributed by atoms with Gasteiger partial charge < -0.3 is 15.1 Å². The molecule has 3 amide bonds. The number of carbonyl (C=O) groups is 3. The zero-order valence-electron chi connectivity index (χ0n) is 11.4. The topological polar surface area (TPSA) is 69.7 Å². The van der Waals surface area contributed by atoms with Gasteiger partial charge in [0.1, 0.15) is 0 Å². The number of piperazine rings is 1. The van der Waals surface area contributed by atoms with Gasteiger partial charge in [0.2, 0.25) is 6.41 Å². The molecule has 6 nitrogen and oxygen atoms in total. The molecule has 1 aromatic rings. The third-order valence-corrected chi connectivity index (χ3v) is 3.56. The second kappa shape index (κ2) is 7.08. The molecule has 1 aliphatic heterocycles. The summed E-state index contributed by atoms with van der Waals surface area (Å²) in [6, 6.07) is 7.03. The quantitative estimate of drug-likeness (QED) is 0.643. The van der Waals surface area contributed by atoms with Gasteiger partial charge in [-0.1, -0.05) is 23.7 Å². The van der Waals surface area contributed by atoms with E-state index in [4.69, 9.17) is 11.6 Å². The molecule has 7 heteroatoms. The van der Waals surface area contributed by atoms with Crippen LogP contribution in [0.5, 0.6) is 0 Å². The highest BCUT2D eigenvalue weighted by atomic mass is 35.5. The molecular weight excluding hydrogens is 294 g/mol. The summed E-state index contributed by atoms with van der Waals surface area (Å²) in [5.41, 5.74) is 0.867. The molecule has 0 saturated carbocycles. The standard InChI is InChI=1S/C14H16ClN3O3/c15-12-3-1-11(2-4-12)9-16-13(20)14(21)18-7-5-17(10-19)6-8-18/h1-4,10H,5-9H2,(H,16,20). The van der Waals surface area contributed by atoms with Crippen LogP contribution in [0.4, 0.5) is 0 Å². The highest BCUT2D eigenvalue weighted by Gasteiger charge is 2.25. The van der Waals surface area contributed by atoms with E-state index in [2.05, 4.69) is 5.32 Å². The van der Waals surface area contributed by atoms with Crippen molar-refractivity contribution in [1.82, 2.24) is 15.1 Å². The molecule has 1 N–H and O–H groups in total. The Morgan fingerprint density at radius 3 is 2.33 bits per heavy atom. The maximum absolute atomic E-state index is 12.0. The minimum Gasteiger partial charge on any atom is -0.344 e. The van der Waals surface area contributed by atoms with E-state index in [-0.39, 0.29) is 6.54 Å². The molecule has 1 aliphatic rings. The van der Waals surface area contributed by atoms with Crippen molar-refractivity contribution in [2.75, 3.05) is 26.2 Å². The van der Waals surface area contributed by atoms with Crippen LogP contribution in [0.15, 0.2) is 24.3 Å². The monoisotopic (exact) mass is 309 g/mol. The lowest BCUT2D eigenvalue weighted by Gasteiger charge is -2.31. The maximum atomic E-state index is 12.0. The predicted octanol–water partition coefficient (Wildman–Crippen LogP) is 0.257. The number of nitrogens with one attached hydrogen (secondary N) is 1.